The van der Waals surface area contributed by atoms with Gasteiger partial charge in [-0.25, -0.2) is 0 Å². The molecule has 5 aliphatic rings. The molecule has 0 bridgehead atoms. The van der Waals surface area contributed by atoms with Gasteiger partial charge >= 0.3 is 0 Å². The second-order valence-electron chi connectivity index (χ2n) is 15.9. The van der Waals surface area contributed by atoms with Crippen molar-refractivity contribution in [1.82, 2.24) is 15.1 Å². The Bertz CT molecular complexity index is 2060. The van der Waals surface area contributed by atoms with Crippen molar-refractivity contribution in [2.45, 2.75) is 56.5 Å². The van der Waals surface area contributed by atoms with E-state index in [1.165, 1.54) is 36.1 Å². The number of piperidine rings is 2. The Kier molecular flexibility index (Phi) is 9.68. The maximum atomic E-state index is 13.1. The summed E-state index contributed by atoms with van der Waals surface area (Å²) in [7, 11) is 0. The molecule has 0 unspecified atom stereocenters. The lowest BCUT2D eigenvalue weighted by molar-refractivity contribution is -0.136. The third kappa shape index (κ3) is 7.15. The molecule has 0 aromatic heterocycles. The third-order valence-electron chi connectivity index (χ3n) is 12.7. The average Bonchev–Trinajstić information content (AvgIpc) is 3.55. The number of nitrogens with one attached hydrogen (secondary N) is 1. The van der Waals surface area contributed by atoms with Gasteiger partial charge in [-0.15, -0.1) is 0 Å². The van der Waals surface area contributed by atoms with Crippen LogP contribution >= 0.6 is 0 Å². The standard InChI is InChI=1S/C45H49N5O5/c51-36-11-13-38-41(27-36)55-29-39(31-4-2-1-3-5-31)43(38)32-6-8-34(9-7-32)48-20-17-30(18-21-48)16-19-47-22-24-49(25-23-47)35-10-12-37-33(26-35)28-50(45(37)54)40-14-15-42(52)46-44(40)53/h1-13,26-27,30,39-40,43,51H,14-25,28-29H2,(H,46,52,53)/t39-,40-,43-/m0/s1. The average molecular weight is 740 g/mol. The van der Waals surface area contributed by atoms with Gasteiger partial charge in [0.1, 0.15) is 17.5 Å². The maximum Gasteiger partial charge on any atom is 0.255 e. The van der Waals surface area contributed by atoms with Gasteiger partial charge < -0.3 is 24.5 Å². The van der Waals surface area contributed by atoms with Crippen molar-refractivity contribution in [3.63, 3.8) is 0 Å². The monoisotopic (exact) mass is 739 g/mol. The number of anilines is 2. The highest BCUT2D eigenvalue weighted by Gasteiger charge is 2.39. The number of phenols is 1. The van der Waals surface area contributed by atoms with E-state index < -0.39 is 6.04 Å². The van der Waals surface area contributed by atoms with E-state index in [1.807, 2.05) is 18.2 Å². The lowest BCUT2D eigenvalue weighted by Crippen LogP contribution is -2.52. The first-order valence-electron chi connectivity index (χ1n) is 20.0. The highest BCUT2D eigenvalue weighted by atomic mass is 16.5. The number of piperazine rings is 1. The molecule has 3 fully saturated rings. The molecular weight excluding hydrogens is 691 g/mol. The predicted molar refractivity (Wildman–Crippen MR) is 212 cm³/mol. The van der Waals surface area contributed by atoms with Crippen molar-refractivity contribution in [2.75, 3.05) is 62.2 Å². The van der Waals surface area contributed by atoms with Crippen LogP contribution in [0.15, 0.2) is 91.0 Å². The second-order valence-corrected chi connectivity index (χ2v) is 15.9. The van der Waals surface area contributed by atoms with Crippen LogP contribution < -0.4 is 19.9 Å². The molecule has 2 N–H and O–H groups in total. The Hall–Kier alpha value is -5.35. The minimum atomic E-state index is -0.586. The van der Waals surface area contributed by atoms with E-state index in [0.29, 0.717) is 25.1 Å². The van der Waals surface area contributed by atoms with Crippen LogP contribution in [0, 0.1) is 5.92 Å². The molecule has 4 aromatic carbocycles. The molecule has 55 heavy (non-hydrogen) atoms. The van der Waals surface area contributed by atoms with E-state index in [9.17, 15) is 19.5 Å². The first kappa shape index (κ1) is 35.4. The Morgan fingerprint density at radius 1 is 0.745 bits per heavy atom. The minimum absolute atomic E-state index is 0.123. The number of benzene rings is 4. The number of phenolic OH excluding ortho intramolecular Hbond substituents is 1. The number of hydrogen-bond acceptors (Lipinski definition) is 8. The Morgan fingerprint density at radius 2 is 1.49 bits per heavy atom. The quantitative estimate of drug-likeness (QED) is 0.216. The summed E-state index contributed by atoms with van der Waals surface area (Å²) in [6, 6.07) is 30.8. The van der Waals surface area contributed by atoms with Gasteiger partial charge in [-0.05, 0) is 91.2 Å². The number of rotatable bonds is 8. The number of nitrogens with zero attached hydrogens (tertiary/aromatic N) is 4. The minimum Gasteiger partial charge on any atom is -0.508 e. The molecule has 5 aliphatic heterocycles. The molecule has 0 saturated carbocycles. The summed E-state index contributed by atoms with van der Waals surface area (Å²) in [5.74, 6) is 1.30. The van der Waals surface area contributed by atoms with Crippen LogP contribution in [0.4, 0.5) is 11.4 Å². The number of ether oxygens (including phenoxy) is 1. The highest BCUT2D eigenvalue weighted by molar-refractivity contribution is 6.05. The van der Waals surface area contributed by atoms with Gasteiger partial charge in [-0.3, -0.25) is 24.6 Å². The first-order chi connectivity index (χ1) is 26.9. The lowest BCUT2D eigenvalue weighted by Gasteiger charge is -2.38. The van der Waals surface area contributed by atoms with Gasteiger partial charge in [0.15, 0.2) is 0 Å². The Labute approximate surface area is 322 Å². The molecule has 10 heteroatoms. The molecule has 10 nitrogen and oxygen atoms in total. The normalized spacial score (nSPS) is 23.3. The molecule has 9 rings (SSSR count). The van der Waals surface area contributed by atoms with Crippen molar-refractivity contribution in [1.29, 1.82) is 0 Å². The van der Waals surface area contributed by atoms with Crippen molar-refractivity contribution >= 4 is 29.1 Å². The van der Waals surface area contributed by atoms with Gasteiger partial charge in [0.05, 0.1) is 6.61 Å². The molecular formula is C45H49N5O5. The number of carbonyl (C=O) groups excluding carboxylic acids is 3. The fraction of sp³-hybridized carbons (Fsp3) is 0.400. The molecule has 3 saturated heterocycles. The zero-order valence-corrected chi connectivity index (χ0v) is 31.2. The van der Waals surface area contributed by atoms with Crippen molar-refractivity contribution in [3.05, 3.63) is 119 Å². The van der Waals surface area contributed by atoms with E-state index >= 15 is 0 Å². The predicted octanol–water partition coefficient (Wildman–Crippen LogP) is 5.89. The molecule has 0 radical (unpaired) electrons. The van der Waals surface area contributed by atoms with Crippen LogP contribution in [-0.4, -0.2) is 91.1 Å². The topological polar surface area (TPSA) is 106 Å². The summed E-state index contributed by atoms with van der Waals surface area (Å²) in [4.78, 5) is 46.4. The van der Waals surface area contributed by atoms with Crippen molar-refractivity contribution < 1.29 is 24.2 Å². The summed E-state index contributed by atoms with van der Waals surface area (Å²) < 4.78 is 6.17. The zero-order valence-electron chi connectivity index (χ0n) is 31.2. The summed E-state index contributed by atoms with van der Waals surface area (Å²) in [5, 5.41) is 12.5. The van der Waals surface area contributed by atoms with Gasteiger partial charge in [0.25, 0.3) is 5.91 Å². The molecule has 0 aliphatic carbocycles. The number of aromatic hydroxyl groups is 1. The molecule has 0 spiro atoms. The van der Waals surface area contributed by atoms with Crippen molar-refractivity contribution in [3.8, 4) is 11.5 Å². The van der Waals surface area contributed by atoms with E-state index in [1.54, 1.807) is 17.0 Å². The van der Waals surface area contributed by atoms with Crippen LogP contribution in [0.3, 0.4) is 0 Å². The highest BCUT2D eigenvalue weighted by Crippen LogP contribution is 2.47. The molecule has 3 atom stereocenters. The van der Waals surface area contributed by atoms with E-state index in [0.717, 1.165) is 74.3 Å². The number of imide groups is 1. The fourth-order valence-electron chi connectivity index (χ4n) is 9.52. The smallest absolute Gasteiger partial charge is 0.255 e. The number of carbonyl (C=O) groups is 3. The summed E-state index contributed by atoms with van der Waals surface area (Å²) in [6.07, 6.45) is 4.28. The van der Waals surface area contributed by atoms with E-state index in [2.05, 4.69) is 80.7 Å². The second kappa shape index (κ2) is 15.1. The van der Waals surface area contributed by atoms with Crippen molar-refractivity contribution in [2.24, 2.45) is 5.92 Å². The summed E-state index contributed by atoms with van der Waals surface area (Å²) >= 11 is 0. The van der Waals surface area contributed by atoms with Crippen LogP contribution in [0.5, 0.6) is 11.5 Å². The fourth-order valence-corrected chi connectivity index (χ4v) is 9.52. The number of amides is 3. The molecule has 3 amide bonds. The molecule has 4 aromatic rings. The van der Waals surface area contributed by atoms with E-state index in [4.69, 9.17) is 4.74 Å². The summed E-state index contributed by atoms with van der Waals surface area (Å²) in [5.41, 5.74) is 7.69. The van der Waals surface area contributed by atoms with Gasteiger partial charge in [-0.2, -0.15) is 0 Å². The lowest BCUT2D eigenvalue weighted by atomic mass is 9.76. The SMILES string of the molecule is O=C1CC[C@H](N2Cc3cc(N4CCN(CCC5CCN(c6ccc([C@H]7c8ccc(O)cc8OC[C@H]7c7ccccc7)cc6)CC5)CC4)ccc3C2=O)C(=O)N1. The molecule has 5 heterocycles. The van der Waals surface area contributed by atoms with Crippen LogP contribution in [-0.2, 0) is 16.1 Å². The first-order valence-corrected chi connectivity index (χ1v) is 20.0. The Balaban J connectivity index is 0.756. The van der Waals surface area contributed by atoms with Crippen LogP contribution in [0.25, 0.3) is 0 Å². The van der Waals surface area contributed by atoms with Crippen LogP contribution in [0.1, 0.15) is 76.6 Å². The number of hydrogen-bond donors (Lipinski definition) is 2. The van der Waals surface area contributed by atoms with Crippen LogP contribution in [0.2, 0.25) is 0 Å². The van der Waals surface area contributed by atoms with Gasteiger partial charge in [0.2, 0.25) is 11.8 Å². The largest absolute Gasteiger partial charge is 0.508 e. The zero-order chi connectivity index (χ0) is 37.5. The third-order valence-corrected chi connectivity index (χ3v) is 12.7. The maximum absolute atomic E-state index is 13.1. The van der Waals surface area contributed by atoms with Gasteiger partial charge in [-0.1, -0.05) is 48.5 Å². The van der Waals surface area contributed by atoms with E-state index in [-0.39, 0.29) is 41.7 Å². The molecule has 284 valence electrons. The summed E-state index contributed by atoms with van der Waals surface area (Å²) in [6.45, 7) is 8.20. The Morgan fingerprint density at radius 3 is 2.25 bits per heavy atom. The number of fused-ring (bicyclic) bond motifs is 2. The van der Waals surface area contributed by atoms with Gasteiger partial charge in [0, 0.05) is 92.6 Å².